The minimum atomic E-state index is -0.501. The lowest BCUT2D eigenvalue weighted by Crippen LogP contribution is -2.41. The Morgan fingerprint density at radius 2 is 2.04 bits per heavy atom. The molecule has 1 saturated carbocycles. The largest absolute Gasteiger partial charge is 0.322 e. The predicted molar refractivity (Wildman–Crippen MR) is 106 cm³/mol. The normalized spacial score (nSPS) is 17.2. The van der Waals surface area contributed by atoms with E-state index < -0.39 is 5.82 Å². The Morgan fingerprint density at radius 1 is 1.21 bits per heavy atom. The summed E-state index contributed by atoms with van der Waals surface area (Å²) in [5.74, 6) is 1.36. The molecular weight excluding hydrogens is 381 g/mol. The van der Waals surface area contributed by atoms with Crippen molar-refractivity contribution in [1.29, 1.82) is 0 Å². The van der Waals surface area contributed by atoms with Crippen LogP contribution < -0.4 is 5.32 Å². The maximum atomic E-state index is 13.4. The SMILES string of the molecule is O=C(Nc1ccc(F)c(Cl)c1)N(Cc1nnc2n1CCCCC2)C1CCCC1. The van der Waals surface area contributed by atoms with Crippen LogP contribution in [0.15, 0.2) is 18.2 Å². The van der Waals surface area contributed by atoms with Crippen molar-refractivity contribution >= 4 is 23.3 Å². The van der Waals surface area contributed by atoms with Crippen LogP contribution >= 0.6 is 11.6 Å². The average molecular weight is 406 g/mol. The second-order valence-electron chi connectivity index (χ2n) is 7.62. The van der Waals surface area contributed by atoms with Crippen molar-refractivity contribution in [3.05, 3.63) is 40.7 Å². The number of benzene rings is 1. The highest BCUT2D eigenvalue weighted by Crippen LogP contribution is 2.27. The molecule has 1 aliphatic carbocycles. The molecule has 1 fully saturated rings. The molecule has 2 aromatic rings. The molecule has 0 spiro atoms. The van der Waals surface area contributed by atoms with Gasteiger partial charge < -0.3 is 14.8 Å². The number of amides is 2. The van der Waals surface area contributed by atoms with Crippen molar-refractivity contribution in [3.63, 3.8) is 0 Å². The number of hydrogen-bond donors (Lipinski definition) is 1. The van der Waals surface area contributed by atoms with Gasteiger partial charge in [0.15, 0.2) is 5.82 Å². The van der Waals surface area contributed by atoms with Crippen LogP contribution in [0.25, 0.3) is 0 Å². The number of rotatable bonds is 4. The first-order valence-corrected chi connectivity index (χ1v) is 10.4. The molecule has 0 saturated heterocycles. The van der Waals surface area contributed by atoms with Crippen molar-refractivity contribution in [2.24, 2.45) is 0 Å². The van der Waals surface area contributed by atoms with Gasteiger partial charge >= 0.3 is 6.03 Å². The van der Waals surface area contributed by atoms with Crippen molar-refractivity contribution < 1.29 is 9.18 Å². The molecule has 6 nitrogen and oxygen atoms in total. The van der Waals surface area contributed by atoms with Crippen LogP contribution in [0, 0.1) is 5.82 Å². The number of aryl methyl sites for hydroxylation is 1. The lowest BCUT2D eigenvalue weighted by Gasteiger charge is -2.29. The summed E-state index contributed by atoms with van der Waals surface area (Å²) in [6, 6.07) is 4.19. The molecule has 0 unspecified atom stereocenters. The Kier molecular flexibility index (Phi) is 5.80. The lowest BCUT2D eigenvalue weighted by atomic mass is 10.2. The maximum absolute atomic E-state index is 13.4. The summed E-state index contributed by atoms with van der Waals surface area (Å²) in [7, 11) is 0. The molecule has 1 N–H and O–H groups in total. The lowest BCUT2D eigenvalue weighted by molar-refractivity contribution is 0.181. The minimum Gasteiger partial charge on any atom is -0.314 e. The summed E-state index contributed by atoms with van der Waals surface area (Å²) in [5.41, 5.74) is 0.486. The number of nitrogens with zero attached hydrogens (tertiary/aromatic N) is 4. The number of carbonyl (C=O) groups excluding carboxylic acids is 1. The van der Waals surface area contributed by atoms with Crippen molar-refractivity contribution in [3.8, 4) is 0 Å². The Hall–Kier alpha value is -2.15. The molecule has 1 aliphatic heterocycles. The molecule has 1 aromatic heterocycles. The van der Waals surface area contributed by atoms with Gasteiger partial charge in [-0.3, -0.25) is 0 Å². The van der Waals surface area contributed by atoms with Crippen LogP contribution in [-0.4, -0.2) is 31.7 Å². The standard InChI is InChI=1S/C20H25ClFN5O/c21-16-12-14(9-10-17(16)22)23-20(28)27(15-6-3-4-7-15)13-19-25-24-18-8-2-1-5-11-26(18)19/h9-10,12,15H,1-8,11,13H2,(H,23,28). The van der Waals surface area contributed by atoms with Crippen molar-refractivity contribution in [2.45, 2.75) is 70.5 Å². The molecular formula is C20H25ClFN5O. The highest BCUT2D eigenvalue weighted by molar-refractivity contribution is 6.31. The molecule has 2 amide bonds. The number of aromatic nitrogens is 3. The first-order valence-electron chi connectivity index (χ1n) is 10.1. The molecule has 2 heterocycles. The van der Waals surface area contributed by atoms with E-state index in [0.717, 1.165) is 63.1 Å². The zero-order valence-electron chi connectivity index (χ0n) is 15.8. The van der Waals surface area contributed by atoms with Crippen molar-refractivity contribution in [1.82, 2.24) is 19.7 Å². The predicted octanol–water partition coefficient (Wildman–Crippen LogP) is 4.77. The second-order valence-corrected chi connectivity index (χ2v) is 8.03. The van der Waals surface area contributed by atoms with Gasteiger partial charge in [0, 0.05) is 24.7 Å². The maximum Gasteiger partial charge on any atom is 0.322 e. The summed E-state index contributed by atoms with van der Waals surface area (Å²) < 4.78 is 15.6. The summed E-state index contributed by atoms with van der Waals surface area (Å²) in [6.07, 6.45) is 8.59. The number of hydrogen-bond acceptors (Lipinski definition) is 3. The zero-order chi connectivity index (χ0) is 19.5. The average Bonchev–Trinajstić information content (AvgIpc) is 3.27. The van der Waals surface area contributed by atoms with Crippen LogP contribution in [0.5, 0.6) is 0 Å². The van der Waals surface area contributed by atoms with E-state index in [0.29, 0.717) is 12.2 Å². The summed E-state index contributed by atoms with van der Waals surface area (Å²) in [4.78, 5) is 14.9. The number of anilines is 1. The summed E-state index contributed by atoms with van der Waals surface area (Å²) >= 11 is 5.85. The Labute approximate surface area is 169 Å². The number of carbonyl (C=O) groups is 1. The van der Waals surface area contributed by atoms with E-state index in [2.05, 4.69) is 20.1 Å². The van der Waals surface area contributed by atoms with Gasteiger partial charge in [0.2, 0.25) is 0 Å². The molecule has 28 heavy (non-hydrogen) atoms. The highest BCUT2D eigenvalue weighted by atomic mass is 35.5. The molecule has 0 radical (unpaired) electrons. The van der Waals surface area contributed by atoms with E-state index in [4.69, 9.17) is 11.6 Å². The Morgan fingerprint density at radius 3 is 2.82 bits per heavy atom. The van der Waals surface area contributed by atoms with Crippen molar-refractivity contribution in [2.75, 3.05) is 5.32 Å². The number of fused-ring (bicyclic) bond motifs is 1. The van der Waals surface area contributed by atoms with E-state index in [1.807, 2.05) is 4.90 Å². The molecule has 4 rings (SSSR count). The number of urea groups is 1. The van der Waals surface area contributed by atoms with Gasteiger partial charge in [0.05, 0.1) is 11.6 Å². The van der Waals surface area contributed by atoms with E-state index in [1.54, 1.807) is 0 Å². The van der Waals surface area contributed by atoms with Gasteiger partial charge in [-0.1, -0.05) is 30.9 Å². The third-order valence-corrected chi connectivity index (χ3v) is 5.98. The molecule has 0 atom stereocenters. The van der Waals surface area contributed by atoms with E-state index in [9.17, 15) is 9.18 Å². The third kappa shape index (κ3) is 4.14. The molecule has 0 bridgehead atoms. The second kappa shape index (κ2) is 8.47. The molecule has 2 aliphatic rings. The fourth-order valence-electron chi connectivity index (χ4n) is 4.17. The smallest absolute Gasteiger partial charge is 0.314 e. The van der Waals surface area contributed by atoms with Gasteiger partial charge in [-0.2, -0.15) is 0 Å². The zero-order valence-corrected chi connectivity index (χ0v) is 16.6. The van der Waals surface area contributed by atoms with E-state index in [1.165, 1.54) is 24.6 Å². The quantitative estimate of drug-likeness (QED) is 0.796. The fraction of sp³-hybridized carbons (Fsp3) is 0.550. The van der Waals surface area contributed by atoms with E-state index >= 15 is 0 Å². The van der Waals surface area contributed by atoms with Gasteiger partial charge in [-0.25, -0.2) is 9.18 Å². The first kappa shape index (κ1) is 19.2. The fourth-order valence-corrected chi connectivity index (χ4v) is 4.35. The highest BCUT2D eigenvalue weighted by Gasteiger charge is 2.29. The monoisotopic (exact) mass is 405 g/mol. The van der Waals surface area contributed by atoms with Crippen LogP contribution in [-0.2, 0) is 19.5 Å². The van der Waals surface area contributed by atoms with Crippen LogP contribution in [0.3, 0.4) is 0 Å². The summed E-state index contributed by atoms with van der Waals surface area (Å²) in [6.45, 7) is 1.34. The van der Waals surface area contributed by atoms with Crippen LogP contribution in [0.2, 0.25) is 5.02 Å². The number of nitrogens with one attached hydrogen (secondary N) is 1. The van der Waals surface area contributed by atoms with E-state index in [-0.39, 0.29) is 17.1 Å². The number of halogens is 2. The molecule has 1 aromatic carbocycles. The Bertz CT molecular complexity index is 849. The van der Waals surface area contributed by atoms with Gasteiger partial charge in [0.1, 0.15) is 11.6 Å². The molecule has 8 heteroatoms. The van der Waals surface area contributed by atoms with Gasteiger partial charge in [-0.15, -0.1) is 10.2 Å². The van der Waals surface area contributed by atoms with Gasteiger partial charge in [-0.05, 0) is 43.9 Å². The minimum absolute atomic E-state index is 0.00649. The third-order valence-electron chi connectivity index (χ3n) is 5.70. The topological polar surface area (TPSA) is 63.1 Å². The Balaban J connectivity index is 1.54. The van der Waals surface area contributed by atoms with Crippen LogP contribution in [0.4, 0.5) is 14.9 Å². The van der Waals surface area contributed by atoms with Crippen LogP contribution in [0.1, 0.15) is 56.6 Å². The van der Waals surface area contributed by atoms with Gasteiger partial charge in [0.25, 0.3) is 0 Å². The summed E-state index contributed by atoms with van der Waals surface area (Å²) in [5, 5.41) is 11.6. The molecule has 150 valence electrons. The first-order chi connectivity index (χ1) is 13.6.